The van der Waals surface area contributed by atoms with Crippen molar-refractivity contribution in [1.82, 2.24) is 14.4 Å². The number of fused-ring (bicyclic) bond motifs is 1. The number of carbonyl (C=O) groups excluding carboxylic acids is 1. The van der Waals surface area contributed by atoms with Crippen LogP contribution in [0.2, 0.25) is 0 Å². The number of hydrogen-bond acceptors (Lipinski definition) is 3. The molecule has 0 radical (unpaired) electrons. The minimum Gasteiger partial charge on any atom is -0.322 e. The first kappa shape index (κ1) is 24.2. The summed E-state index contributed by atoms with van der Waals surface area (Å²) in [5.74, 6) is -0.303. The lowest BCUT2D eigenvalue weighted by molar-refractivity contribution is -0.137. The molecule has 0 aliphatic carbocycles. The lowest BCUT2D eigenvalue weighted by atomic mass is 9.90. The normalized spacial score (nSPS) is 11.7. The van der Waals surface area contributed by atoms with Crippen molar-refractivity contribution in [3.63, 3.8) is 0 Å². The van der Waals surface area contributed by atoms with Gasteiger partial charge in [0.05, 0.1) is 23.7 Å². The number of amides is 1. The Balaban J connectivity index is 1.51. The van der Waals surface area contributed by atoms with E-state index in [-0.39, 0.29) is 11.6 Å². The molecule has 2 aromatic heterocycles. The van der Waals surface area contributed by atoms with Crippen LogP contribution in [0.25, 0.3) is 28.0 Å². The van der Waals surface area contributed by atoms with Crippen LogP contribution in [-0.4, -0.2) is 20.3 Å². The predicted molar refractivity (Wildman–Crippen MR) is 137 cm³/mol. The lowest BCUT2D eigenvalue weighted by Gasteiger charge is -2.16. The average molecular weight is 501 g/mol. The minimum atomic E-state index is -4.49. The molecule has 0 saturated carbocycles. The fourth-order valence-corrected chi connectivity index (χ4v) is 4.33. The maximum absolute atomic E-state index is 13.1. The molecule has 0 aliphatic heterocycles. The van der Waals surface area contributed by atoms with Crippen molar-refractivity contribution in [3.8, 4) is 22.4 Å². The zero-order chi connectivity index (χ0) is 26.2. The highest BCUT2D eigenvalue weighted by atomic mass is 19.4. The van der Waals surface area contributed by atoms with Gasteiger partial charge in [0.2, 0.25) is 0 Å². The molecule has 0 unspecified atom stereocenters. The van der Waals surface area contributed by atoms with Crippen LogP contribution in [0.4, 0.5) is 18.9 Å². The molecule has 1 N–H and O–H groups in total. The van der Waals surface area contributed by atoms with Gasteiger partial charge in [0.1, 0.15) is 0 Å². The first-order valence-electron chi connectivity index (χ1n) is 11.7. The number of nitrogens with one attached hydrogen (secondary N) is 1. The summed E-state index contributed by atoms with van der Waals surface area (Å²) >= 11 is 0. The van der Waals surface area contributed by atoms with Crippen LogP contribution in [0.1, 0.15) is 41.3 Å². The van der Waals surface area contributed by atoms with E-state index in [2.05, 4.69) is 29.1 Å². The molecule has 5 nitrogen and oxygen atoms in total. The topological polar surface area (TPSA) is 59.3 Å². The maximum atomic E-state index is 13.1. The third kappa shape index (κ3) is 4.95. The summed E-state index contributed by atoms with van der Waals surface area (Å²) in [5, 5.41) is 2.60. The van der Waals surface area contributed by atoms with Crippen LogP contribution in [0.3, 0.4) is 0 Å². The van der Waals surface area contributed by atoms with Gasteiger partial charge in [-0.05, 0) is 59.0 Å². The van der Waals surface area contributed by atoms with Crippen LogP contribution in [-0.2, 0) is 6.18 Å². The molecule has 1 amide bonds. The molecule has 5 rings (SSSR count). The number of halogens is 3. The Morgan fingerprint density at radius 1 is 0.946 bits per heavy atom. The van der Waals surface area contributed by atoms with Crippen LogP contribution in [0, 0.1) is 0 Å². The van der Waals surface area contributed by atoms with Crippen molar-refractivity contribution < 1.29 is 18.0 Å². The molecule has 186 valence electrons. The molecule has 0 saturated heterocycles. The second-order valence-electron chi connectivity index (χ2n) is 9.02. The fraction of sp³-hybridized carbons (Fsp3) is 0.138. The standard InChI is InChI=1S/C29H23F3N4O/c1-18(2)24-10-9-21(28(37)35-23-8-4-7-22(15-23)29(30,31)32)14-25(24)19-5-3-6-20(13-19)26-16-34-27-17-33-11-12-36(26)27/h3-18H,1-2H3,(H,35,37). The van der Waals surface area contributed by atoms with Crippen LogP contribution in [0.15, 0.2) is 91.5 Å². The lowest BCUT2D eigenvalue weighted by Crippen LogP contribution is -2.13. The molecule has 0 spiro atoms. The third-order valence-corrected chi connectivity index (χ3v) is 6.17. The van der Waals surface area contributed by atoms with E-state index in [1.165, 1.54) is 12.1 Å². The molecular weight excluding hydrogens is 477 g/mol. The predicted octanol–water partition coefficient (Wildman–Crippen LogP) is 7.46. The van der Waals surface area contributed by atoms with Crippen molar-refractivity contribution >= 4 is 17.2 Å². The largest absolute Gasteiger partial charge is 0.416 e. The Hall–Kier alpha value is -4.46. The molecule has 8 heteroatoms. The summed E-state index contributed by atoms with van der Waals surface area (Å²) in [6, 6.07) is 17.9. The monoisotopic (exact) mass is 500 g/mol. The Labute approximate surface area is 211 Å². The molecule has 0 aliphatic rings. The minimum absolute atomic E-state index is 0.0819. The molecule has 5 aromatic rings. The van der Waals surface area contributed by atoms with Gasteiger partial charge in [0, 0.05) is 29.2 Å². The number of nitrogens with zero attached hydrogens (tertiary/aromatic N) is 3. The van der Waals surface area contributed by atoms with E-state index in [0.29, 0.717) is 5.56 Å². The van der Waals surface area contributed by atoms with Gasteiger partial charge in [-0.1, -0.05) is 44.2 Å². The van der Waals surface area contributed by atoms with Crippen molar-refractivity contribution in [1.29, 1.82) is 0 Å². The van der Waals surface area contributed by atoms with Gasteiger partial charge in [-0.2, -0.15) is 13.2 Å². The summed E-state index contributed by atoms with van der Waals surface area (Å²) < 4.78 is 41.2. The summed E-state index contributed by atoms with van der Waals surface area (Å²) in [7, 11) is 0. The third-order valence-electron chi connectivity index (χ3n) is 6.17. The van der Waals surface area contributed by atoms with Gasteiger partial charge >= 0.3 is 6.18 Å². The number of anilines is 1. The number of aromatic nitrogens is 3. The number of alkyl halides is 3. The van der Waals surface area contributed by atoms with Gasteiger partial charge in [-0.3, -0.25) is 14.2 Å². The van der Waals surface area contributed by atoms with Gasteiger partial charge < -0.3 is 5.32 Å². The van der Waals surface area contributed by atoms with E-state index in [0.717, 1.165) is 45.7 Å². The van der Waals surface area contributed by atoms with Crippen LogP contribution >= 0.6 is 0 Å². The Morgan fingerprint density at radius 2 is 1.73 bits per heavy atom. The van der Waals surface area contributed by atoms with Gasteiger partial charge in [-0.25, -0.2) is 4.98 Å². The van der Waals surface area contributed by atoms with E-state index in [4.69, 9.17) is 0 Å². The van der Waals surface area contributed by atoms with E-state index >= 15 is 0 Å². The van der Waals surface area contributed by atoms with Gasteiger partial charge in [-0.15, -0.1) is 0 Å². The number of rotatable bonds is 5. The highest BCUT2D eigenvalue weighted by Gasteiger charge is 2.30. The zero-order valence-electron chi connectivity index (χ0n) is 20.1. The highest BCUT2D eigenvalue weighted by molar-refractivity contribution is 6.05. The molecule has 2 heterocycles. The van der Waals surface area contributed by atoms with E-state index in [1.807, 2.05) is 40.9 Å². The molecule has 3 aromatic carbocycles. The van der Waals surface area contributed by atoms with Gasteiger partial charge in [0.15, 0.2) is 5.65 Å². The quantitative estimate of drug-likeness (QED) is 0.273. The first-order valence-corrected chi connectivity index (χ1v) is 11.7. The number of benzene rings is 3. The summed E-state index contributed by atoms with van der Waals surface area (Å²) in [6.07, 6.45) is 2.54. The zero-order valence-corrected chi connectivity index (χ0v) is 20.1. The number of carbonyl (C=O) groups is 1. The van der Waals surface area contributed by atoms with Gasteiger partial charge in [0.25, 0.3) is 5.91 Å². The Bertz CT molecular complexity index is 1600. The molecular formula is C29H23F3N4O. The van der Waals surface area contributed by atoms with Crippen molar-refractivity contribution in [2.45, 2.75) is 25.9 Å². The summed E-state index contributed by atoms with van der Waals surface area (Å²) in [4.78, 5) is 21.6. The molecule has 0 fully saturated rings. The summed E-state index contributed by atoms with van der Waals surface area (Å²) in [5.41, 5.74) is 5.05. The van der Waals surface area contributed by atoms with E-state index in [9.17, 15) is 18.0 Å². The van der Waals surface area contributed by atoms with E-state index < -0.39 is 17.6 Å². The molecule has 37 heavy (non-hydrogen) atoms. The van der Waals surface area contributed by atoms with Crippen LogP contribution < -0.4 is 5.32 Å². The van der Waals surface area contributed by atoms with Crippen molar-refractivity contribution in [2.75, 3.05) is 5.32 Å². The summed E-state index contributed by atoms with van der Waals surface area (Å²) in [6.45, 7) is 4.14. The molecule has 0 atom stereocenters. The Kier molecular flexibility index (Phi) is 6.25. The van der Waals surface area contributed by atoms with E-state index in [1.54, 1.807) is 30.7 Å². The smallest absolute Gasteiger partial charge is 0.322 e. The molecule has 0 bridgehead atoms. The highest BCUT2D eigenvalue weighted by Crippen LogP contribution is 2.34. The Morgan fingerprint density at radius 3 is 2.51 bits per heavy atom. The average Bonchev–Trinajstić information content (AvgIpc) is 3.32. The van der Waals surface area contributed by atoms with Crippen molar-refractivity contribution in [2.24, 2.45) is 0 Å². The van der Waals surface area contributed by atoms with Crippen LogP contribution in [0.5, 0.6) is 0 Å². The number of hydrogen-bond donors (Lipinski definition) is 1. The van der Waals surface area contributed by atoms with Crippen molar-refractivity contribution in [3.05, 3.63) is 108 Å². The fourth-order valence-electron chi connectivity index (χ4n) is 4.33. The SMILES string of the molecule is CC(C)c1ccc(C(=O)Nc2cccc(C(F)(F)F)c2)cc1-c1cccc(-c2cnc3cnccn23)c1. The second-order valence-corrected chi connectivity index (χ2v) is 9.02. The first-order chi connectivity index (χ1) is 17.7. The number of imidazole rings is 1. The maximum Gasteiger partial charge on any atom is 0.416 e. The second kappa shape index (κ2) is 9.54.